The molecule has 0 aromatic heterocycles. The molecule has 0 bridgehead atoms. The van der Waals surface area contributed by atoms with Crippen LogP contribution in [0.5, 0.6) is 0 Å². The highest BCUT2D eigenvalue weighted by Gasteiger charge is 2.19. The van der Waals surface area contributed by atoms with E-state index in [2.05, 4.69) is 106 Å². The minimum Gasteiger partial charge on any atom is -0.462 e. The largest absolute Gasteiger partial charge is 0.462 e. The van der Waals surface area contributed by atoms with Crippen LogP contribution >= 0.6 is 0 Å². The van der Waals surface area contributed by atoms with Gasteiger partial charge in [-0.05, 0) is 96.3 Å². The van der Waals surface area contributed by atoms with Gasteiger partial charge in [0.2, 0.25) is 0 Å². The Kier molecular flexibility index (Phi) is 65.2. The van der Waals surface area contributed by atoms with Gasteiger partial charge in [-0.1, -0.05) is 318 Å². The van der Waals surface area contributed by atoms with E-state index in [1.807, 2.05) is 0 Å². The predicted molar refractivity (Wildman–Crippen MR) is 348 cm³/mol. The summed E-state index contributed by atoms with van der Waals surface area (Å²) in [6.07, 6.45) is 90.3. The molecule has 0 heterocycles. The van der Waals surface area contributed by atoms with Crippen molar-refractivity contribution in [3.05, 3.63) is 85.1 Å². The van der Waals surface area contributed by atoms with Crippen molar-refractivity contribution in [1.29, 1.82) is 0 Å². The first kappa shape index (κ1) is 76.6. The Labute approximate surface area is 496 Å². The lowest BCUT2D eigenvalue weighted by Gasteiger charge is -2.18. The average Bonchev–Trinajstić information content (AvgIpc) is 3.46. The van der Waals surface area contributed by atoms with Crippen LogP contribution in [0.25, 0.3) is 0 Å². The first-order chi connectivity index (χ1) is 39.5. The van der Waals surface area contributed by atoms with E-state index in [1.54, 1.807) is 0 Å². The normalized spacial score (nSPS) is 12.6. The summed E-state index contributed by atoms with van der Waals surface area (Å²) in [7, 11) is 0. The topological polar surface area (TPSA) is 78.9 Å². The summed E-state index contributed by atoms with van der Waals surface area (Å²) < 4.78 is 17.0. The van der Waals surface area contributed by atoms with Crippen LogP contribution in [0.15, 0.2) is 85.1 Å². The smallest absolute Gasteiger partial charge is 0.306 e. The quantitative estimate of drug-likeness (QED) is 0.0261. The van der Waals surface area contributed by atoms with Crippen LogP contribution in [0.4, 0.5) is 0 Å². The third kappa shape index (κ3) is 65.4. The summed E-state index contributed by atoms with van der Waals surface area (Å²) in [6, 6.07) is 0. The van der Waals surface area contributed by atoms with Crippen molar-refractivity contribution >= 4 is 17.9 Å². The van der Waals surface area contributed by atoms with Gasteiger partial charge in [0, 0.05) is 19.3 Å². The summed E-state index contributed by atoms with van der Waals surface area (Å²) in [4.78, 5) is 38.4. The van der Waals surface area contributed by atoms with Crippen molar-refractivity contribution in [2.24, 2.45) is 0 Å². The molecule has 0 aromatic rings. The van der Waals surface area contributed by atoms with Crippen molar-refractivity contribution in [2.45, 2.75) is 354 Å². The average molecular weight is 1120 g/mol. The first-order valence-electron chi connectivity index (χ1n) is 34.6. The fourth-order valence-corrected chi connectivity index (χ4v) is 9.97. The highest BCUT2D eigenvalue weighted by molar-refractivity contribution is 5.71. The Morgan fingerprint density at radius 2 is 0.487 bits per heavy atom. The number of carbonyl (C=O) groups excluding carboxylic acids is 3. The van der Waals surface area contributed by atoms with E-state index in [4.69, 9.17) is 14.2 Å². The molecular weight excluding hydrogens is 985 g/mol. The molecule has 462 valence electrons. The second-order valence-electron chi connectivity index (χ2n) is 23.1. The molecule has 0 rings (SSSR count). The van der Waals surface area contributed by atoms with Crippen molar-refractivity contribution in [3.8, 4) is 0 Å². The second kappa shape index (κ2) is 68.1. The van der Waals surface area contributed by atoms with Gasteiger partial charge in [0.15, 0.2) is 6.10 Å². The molecule has 0 spiro atoms. The number of hydrogen-bond acceptors (Lipinski definition) is 6. The minimum atomic E-state index is -0.795. The second-order valence-corrected chi connectivity index (χ2v) is 23.1. The molecule has 0 fully saturated rings. The zero-order valence-electron chi connectivity index (χ0n) is 53.1. The molecular formula is C74H130O6. The van der Waals surface area contributed by atoms with E-state index in [1.165, 1.54) is 193 Å². The van der Waals surface area contributed by atoms with Gasteiger partial charge in [-0.3, -0.25) is 14.4 Å². The molecule has 0 aliphatic rings. The van der Waals surface area contributed by atoms with Crippen LogP contribution in [-0.2, 0) is 28.6 Å². The minimum absolute atomic E-state index is 0.0867. The van der Waals surface area contributed by atoms with E-state index in [-0.39, 0.29) is 31.1 Å². The highest BCUT2D eigenvalue weighted by atomic mass is 16.6. The van der Waals surface area contributed by atoms with Gasteiger partial charge in [0.25, 0.3) is 0 Å². The van der Waals surface area contributed by atoms with E-state index in [9.17, 15) is 14.4 Å². The van der Waals surface area contributed by atoms with Gasteiger partial charge in [-0.2, -0.15) is 0 Å². The number of esters is 3. The van der Waals surface area contributed by atoms with Crippen molar-refractivity contribution in [3.63, 3.8) is 0 Å². The van der Waals surface area contributed by atoms with Crippen LogP contribution < -0.4 is 0 Å². The molecule has 0 aliphatic carbocycles. The van der Waals surface area contributed by atoms with E-state index >= 15 is 0 Å². The zero-order chi connectivity index (χ0) is 57.8. The zero-order valence-corrected chi connectivity index (χ0v) is 53.1. The van der Waals surface area contributed by atoms with Gasteiger partial charge in [0.05, 0.1) is 0 Å². The molecule has 80 heavy (non-hydrogen) atoms. The van der Waals surface area contributed by atoms with Crippen LogP contribution in [0.2, 0.25) is 0 Å². The van der Waals surface area contributed by atoms with Crippen LogP contribution in [-0.4, -0.2) is 37.2 Å². The Morgan fingerprint density at radius 1 is 0.263 bits per heavy atom. The number of ether oxygens (including phenoxy) is 3. The lowest BCUT2D eigenvalue weighted by atomic mass is 10.0. The molecule has 1 unspecified atom stereocenters. The molecule has 6 heteroatoms. The summed E-state index contributed by atoms with van der Waals surface area (Å²) in [6.45, 7) is 6.54. The highest BCUT2D eigenvalue weighted by Crippen LogP contribution is 2.18. The molecule has 0 N–H and O–H groups in total. The summed E-state index contributed by atoms with van der Waals surface area (Å²) in [5.74, 6) is -0.903. The van der Waals surface area contributed by atoms with Crippen molar-refractivity contribution in [2.75, 3.05) is 13.2 Å². The molecule has 0 amide bonds. The number of carbonyl (C=O) groups is 3. The Bertz CT molecular complexity index is 1520. The molecule has 1 atom stereocenters. The van der Waals surface area contributed by atoms with Gasteiger partial charge in [0.1, 0.15) is 13.2 Å². The van der Waals surface area contributed by atoms with Crippen LogP contribution in [0.3, 0.4) is 0 Å². The van der Waals surface area contributed by atoms with Crippen LogP contribution in [0.1, 0.15) is 348 Å². The lowest BCUT2D eigenvalue weighted by Crippen LogP contribution is -2.30. The number of allylic oxidation sites excluding steroid dienone is 14. The summed E-state index contributed by atoms with van der Waals surface area (Å²) in [5, 5.41) is 0. The van der Waals surface area contributed by atoms with Gasteiger partial charge < -0.3 is 14.2 Å². The fourth-order valence-electron chi connectivity index (χ4n) is 9.97. The molecule has 6 nitrogen and oxygen atoms in total. The van der Waals surface area contributed by atoms with E-state index in [0.717, 1.165) is 116 Å². The third-order valence-corrected chi connectivity index (χ3v) is 15.1. The molecule has 0 saturated carbocycles. The van der Waals surface area contributed by atoms with Crippen molar-refractivity contribution in [1.82, 2.24) is 0 Å². The maximum Gasteiger partial charge on any atom is 0.306 e. The third-order valence-electron chi connectivity index (χ3n) is 15.1. The van der Waals surface area contributed by atoms with Gasteiger partial charge in [-0.25, -0.2) is 0 Å². The SMILES string of the molecule is CC/C=C\C/C=C\C/C=C\C/C=C\C/C=C\C/C=C\CCCCCCC(=O)OC(COC(=O)CCCCCCC/C=C\CCCCCCCC)COC(=O)CCCCCCCCCCCCCCCCCCCCCCCCCC. The molecule has 0 aliphatic heterocycles. The Balaban J connectivity index is 4.37. The maximum absolute atomic E-state index is 12.9. The van der Waals surface area contributed by atoms with E-state index in [0.29, 0.717) is 19.3 Å². The number of rotatable bonds is 63. The van der Waals surface area contributed by atoms with Gasteiger partial charge >= 0.3 is 17.9 Å². The molecule has 0 aromatic carbocycles. The number of hydrogen-bond donors (Lipinski definition) is 0. The molecule has 0 radical (unpaired) electrons. The number of unbranched alkanes of at least 4 members (excludes halogenated alkanes) is 38. The first-order valence-corrected chi connectivity index (χ1v) is 34.6. The predicted octanol–water partition coefficient (Wildman–Crippen LogP) is 23.8. The van der Waals surface area contributed by atoms with E-state index < -0.39 is 6.10 Å². The maximum atomic E-state index is 12.9. The van der Waals surface area contributed by atoms with Crippen molar-refractivity contribution < 1.29 is 28.6 Å². The summed E-state index contributed by atoms with van der Waals surface area (Å²) >= 11 is 0. The Hall–Kier alpha value is -3.41. The molecule has 0 saturated heterocycles. The summed E-state index contributed by atoms with van der Waals surface area (Å²) in [5.41, 5.74) is 0. The van der Waals surface area contributed by atoms with Gasteiger partial charge in [-0.15, -0.1) is 0 Å². The lowest BCUT2D eigenvalue weighted by molar-refractivity contribution is -0.167. The standard InChI is InChI=1S/C74H130O6/c1-4-7-10-13-16-19-22-25-28-30-32-34-36-38-39-41-43-46-49-52-55-58-61-64-67-73(76)79-70-71(69-78-72(75)66-63-60-57-54-51-48-45-27-24-21-18-15-12-9-6-3)80-74(77)68-65-62-59-56-53-50-47-44-42-40-37-35-33-31-29-26-23-20-17-14-11-8-5-2/h8,11,17,20,26-27,29,33,35,40,42,45,47,50,71H,4-7,9-10,12-16,18-19,21-25,28,30-32,34,36-39,41,43-44,46,48-49,51-70H2,1-3H3/b11-8-,20-17-,29-26-,35-33-,42-40-,45-27-,50-47-. The monoisotopic (exact) mass is 1110 g/mol. The fraction of sp³-hybridized carbons (Fsp3) is 0.770. The van der Waals surface area contributed by atoms with Crippen LogP contribution in [0, 0.1) is 0 Å². The Morgan fingerprint density at radius 3 is 0.775 bits per heavy atom.